The van der Waals surface area contributed by atoms with Crippen LogP contribution in [0.3, 0.4) is 0 Å². The quantitative estimate of drug-likeness (QED) is 0.493. The Morgan fingerprint density at radius 1 is 1.33 bits per heavy atom. The molecule has 4 aromatic heterocycles. The van der Waals surface area contributed by atoms with Gasteiger partial charge in [-0.05, 0) is 41.9 Å². The number of aromatic nitrogens is 6. The average Bonchev–Trinajstić information content (AvgIpc) is 3.29. The summed E-state index contributed by atoms with van der Waals surface area (Å²) in [5, 5.41) is 20.1. The van der Waals surface area contributed by atoms with Gasteiger partial charge >= 0.3 is 0 Å². The van der Waals surface area contributed by atoms with E-state index < -0.39 is 12.1 Å². The molecule has 0 aliphatic rings. The number of aliphatic hydroxyl groups is 1. The highest BCUT2D eigenvalue weighted by Crippen LogP contribution is 2.35. The van der Waals surface area contributed by atoms with Gasteiger partial charge in [0, 0.05) is 5.38 Å². The minimum Gasteiger partial charge on any atom is -0.384 e. The number of nitrogens with two attached hydrogens (primary N) is 1. The molecule has 0 spiro atoms. The highest BCUT2D eigenvalue weighted by molar-refractivity contribution is 9.10. The average molecular weight is 448 g/mol. The minimum atomic E-state index is -2.10. The molecule has 0 aliphatic heterocycles. The van der Waals surface area contributed by atoms with Crippen molar-refractivity contribution in [3.8, 4) is 11.4 Å². The van der Waals surface area contributed by atoms with Crippen LogP contribution in [0.15, 0.2) is 34.2 Å². The summed E-state index contributed by atoms with van der Waals surface area (Å²) in [5.74, 6) is 0.0868. The van der Waals surface area contributed by atoms with Gasteiger partial charge in [-0.15, -0.1) is 16.4 Å². The van der Waals surface area contributed by atoms with Gasteiger partial charge in [-0.2, -0.15) is 0 Å². The van der Waals surface area contributed by atoms with Gasteiger partial charge in [-0.1, -0.05) is 11.3 Å². The maximum Gasteiger partial charge on any atom is 0.221 e. The number of hydrogen-bond donors (Lipinski definition) is 2. The van der Waals surface area contributed by atoms with E-state index in [-0.39, 0.29) is 11.6 Å². The van der Waals surface area contributed by atoms with Crippen LogP contribution < -0.4 is 5.73 Å². The van der Waals surface area contributed by atoms with Crippen molar-refractivity contribution in [2.45, 2.75) is 25.9 Å². The third kappa shape index (κ3) is 3.55. The predicted octanol–water partition coefficient (Wildman–Crippen LogP) is 2.97. The number of hydrogen-bond acceptors (Lipinski definition) is 8. The number of nitrogens with zero attached hydrogens (tertiary/aromatic N) is 6. The summed E-state index contributed by atoms with van der Waals surface area (Å²) < 4.78 is 19.7. The van der Waals surface area contributed by atoms with Crippen molar-refractivity contribution in [2.24, 2.45) is 0 Å². The Balaban J connectivity index is 1.78. The van der Waals surface area contributed by atoms with Crippen molar-refractivity contribution in [1.82, 2.24) is 29.9 Å². The number of halogens is 1. The second-order valence-electron chi connectivity index (χ2n) is 6.32. The number of anilines is 1. The van der Waals surface area contributed by atoms with Gasteiger partial charge in [-0.3, -0.25) is 4.98 Å². The van der Waals surface area contributed by atoms with Crippen LogP contribution in [0, 0.1) is 0 Å². The predicted molar refractivity (Wildman–Crippen MR) is 107 cm³/mol. The highest BCUT2D eigenvalue weighted by atomic mass is 79.9. The molecular formula is C17H16BrN7OS. The van der Waals surface area contributed by atoms with E-state index in [1.54, 1.807) is 26.0 Å². The van der Waals surface area contributed by atoms with E-state index in [9.17, 15) is 5.11 Å². The Kier molecular flexibility index (Phi) is 3.83. The van der Waals surface area contributed by atoms with Crippen LogP contribution in [0.1, 0.15) is 28.0 Å². The largest absolute Gasteiger partial charge is 0.384 e. The zero-order chi connectivity index (χ0) is 21.0. The lowest BCUT2D eigenvalue weighted by molar-refractivity contribution is 0.0736. The zero-order valence-electron chi connectivity index (χ0n) is 16.4. The van der Waals surface area contributed by atoms with E-state index in [4.69, 9.17) is 8.48 Å². The van der Waals surface area contributed by atoms with Gasteiger partial charge in [0.05, 0.1) is 36.0 Å². The van der Waals surface area contributed by atoms with Crippen LogP contribution in [0.25, 0.3) is 21.6 Å². The van der Waals surface area contributed by atoms with Gasteiger partial charge in [0.25, 0.3) is 0 Å². The molecule has 0 bridgehead atoms. The fourth-order valence-corrected chi connectivity index (χ4v) is 4.02. The van der Waals surface area contributed by atoms with E-state index in [0.717, 1.165) is 13.9 Å². The summed E-state index contributed by atoms with van der Waals surface area (Å²) in [4.78, 5) is 12.8. The van der Waals surface area contributed by atoms with Crippen LogP contribution in [-0.2, 0) is 12.1 Å². The lowest BCUT2D eigenvalue weighted by atomic mass is 10.0. The lowest BCUT2D eigenvalue weighted by Gasteiger charge is -2.17. The standard InChI is InChI=1S/C17H16BrN7OS/c1-17(2,26)12-5-3-4-9(20-12)6-25-7-11(23-24-25)14-15-13(10(18)8-27-15)21-16(19)22-14/h3-5,7-8,26H,6H2,1-2H3,(H2,19,21,22)/i6D2. The first-order valence-corrected chi connectivity index (χ1v) is 9.58. The Morgan fingerprint density at radius 3 is 2.93 bits per heavy atom. The normalized spacial score (nSPS) is 13.6. The van der Waals surface area contributed by atoms with E-state index in [0.29, 0.717) is 22.6 Å². The molecule has 27 heavy (non-hydrogen) atoms. The SMILES string of the molecule is [2H]C([2H])(c1cccc(C(C)(C)O)n1)n1cc(-c2nc(N)nc3c(Br)csc23)nn1. The molecule has 0 unspecified atom stereocenters. The van der Waals surface area contributed by atoms with E-state index in [2.05, 4.69) is 41.2 Å². The number of pyridine rings is 1. The maximum atomic E-state index is 10.2. The molecule has 10 heteroatoms. The molecule has 3 N–H and O–H groups in total. The van der Waals surface area contributed by atoms with Crippen molar-refractivity contribution in [2.75, 3.05) is 5.73 Å². The molecule has 0 fully saturated rings. The Hall–Kier alpha value is -2.43. The summed E-state index contributed by atoms with van der Waals surface area (Å²) in [6.07, 6.45) is 1.45. The monoisotopic (exact) mass is 447 g/mol. The minimum absolute atomic E-state index is 0.0868. The van der Waals surface area contributed by atoms with Crippen LogP contribution in [0.2, 0.25) is 0 Å². The Labute approximate surface area is 170 Å². The molecule has 8 nitrogen and oxygen atoms in total. The molecule has 4 rings (SSSR count). The molecule has 0 aromatic carbocycles. The summed E-state index contributed by atoms with van der Waals surface area (Å²) in [6, 6.07) is 4.82. The summed E-state index contributed by atoms with van der Waals surface area (Å²) in [7, 11) is 0. The van der Waals surface area contributed by atoms with Gasteiger partial charge < -0.3 is 10.8 Å². The number of nitrogen functional groups attached to an aromatic ring is 1. The van der Waals surface area contributed by atoms with Gasteiger partial charge in [0.1, 0.15) is 22.5 Å². The van der Waals surface area contributed by atoms with Crippen molar-refractivity contribution < 1.29 is 7.85 Å². The fraction of sp³-hybridized carbons (Fsp3) is 0.235. The topological polar surface area (TPSA) is 116 Å². The van der Waals surface area contributed by atoms with Crippen LogP contribution in [0.5, 0.6) is 0 Å². The lowest BCUT2D eigenvalue weighted by Crippen LogP contribution is -2.18. The molecular weight excluding hydrogens is 430 g/mol. The smallest absolute Gasteiger partial charge is 0.221 e. The summed E-state index contributed by atoms with van der Waals surface area (Å²) in [5.41, 5.74) is 6.58. The second kappa shape index (κ2) is 6.63. The maximum absolute atomic E-state index is 10.2. The number of fused-ring (bicyclic) bond motifs is 1. The van der Waals surface area contributed by atoms with E-state index in [1.165, 1.54) is 23.6 Å². The van der Waals surface area contributed by atoms with Crippen molar-refractivity contribution in [3.63, 3.8) is 0 Å². The molecule has 0 radical (unpaired) electrons. The Bertz CT molecular complexity index is 1220. The summed E-state index contributed by atoms with van der Waals surface area (Å²) >= 11 is 4.86. The van der Waals surface area contributed by atoms with E-state index >= 15 is 0 Å². The Morgan fingerprint density at radius 2 is 2.15 bits per heavy atom. The van der Waals surface area contributed by atoms with Crippen molar-refractivity contribution in [1.29, 1.82) is 0 Å². The van der Waals surface area contributed by atoms with Crippen LogP contribution in [-0.4, -0.2) is 35.1 Å². The second-order valence-corrected chi connectivity index (χ2v) is 8.05. The van der Waals surface area contributed by atoms with E-state index in [1.807, 2.05) is 5.38 Å². The fourth-order valence-electron chi connectivity index (χ4n) is 2.46. The first-order chi connectivity index (χ1) is 13.6. The molecule has 0 atom stereocenters. The number of thiophene rings is 1. The molecule has 4 heterocycles. The van der Waals surface area contributed by atoms with Crippen LogP contribution in [0.4, 0.5) is 5.95 Å². The third-order valence-electron chi connectivity index (χ3n) is 3.73. The summed E-state index contributed by atoms with van der Waals surface area (Å²) in [6.45, 7) is 1.08. The molecule has 0 amide bonds. The molecule has 4 aromatic rings. The van der Waals surface area contributed by atoms with Crippen molar-refractivity contribution in [3.05, 3.63) is 45.6 Å². The first kappa shape index (κ1) is 15.6. The van der Waals surface area contributed by atoms with Gasteiger partial charge in [0.15, 0.2) is 0 Å². The van der Waals surface area contributed by atoms with Gasteiger partial charge in [-0.25, -0.2) is 14.6 Å². The number of rotatable bonds is 4. The first-order valence-electron chi connectivity index (χ1n) is 8.91. The third-order valence-corrected chi connectivity index (χ3v) is 5.61. The van der Waals surface area contributed by atoms with Gasteiger partial charge in [0.2, 0.25) is 5.95 Å². The van der Waals surface area contributed by atoms with Crippen molar-refractivity contribution >= 4 is 43.4 Å². The molecule has 138 valence electrons. The molecule has 0 saturated carbocycles. The van der Waals surface area contributed by atoms with Crippen LogP contribution >= 0.6 is 27.3 Å². The zero-order valence-corrected chi connectivity index (χ0v) is 16.8. The highest BCUT2D eigenvalue weighted by Gasteiger charge is 2.19. The molecule has 0 saturated heterocycles. The molecule has 0 aliphatic carbocycles.